The van der Waals surface area contributed by atoms with E-state index in [2.05, 4.69) is 20.9 Å². The van der Waals surface area contributed by atoms with Gasteiger partial charge in [0.25, 0.3) is 11.5 Å². The number of likely N-dealkylation sites (tertiary alicyclic amines) is 1. The number of anilines is 1. The summed E-state index contributed by atoms with van der Waals surface area (Å²) >= 11 is 0. The summed E-state index contributed by atoms with van der Waals surface area (Å²) in [5, 5.41) is 0. The van der Waals surface area contributed by atoms with Crippen LogP contribution < -0.4 is 10.5 Å². The molecule has 0 unspecified atom stereocenters. The van der Waals surface area contributed by atoms with Crippen LogP contribution in [0.4, 0.5) is 5.82 Å². The molecule has 7 heteroatoms. The van der Waals surface area contributed by atoms with Crippen LogP contribution >= 0.6 is 0 Å². The molecule has 3 aliphatic rings. The first-order valence-corrected chi connectivity index (χ1v) is 9.75. The fraction of sp³-hybridized carbons (Fsp3) is 0.500. The first-order valence-electron chi connectivity index (χ1n) is 9.75. The minimum absolute atomic E-state index is 0.0176. The molecule has 27 heavy (non-hydrogen) atoms. The fourth-order valence-corrected chi connectivity index (χ4v) is 4.78. The number of amides is 1. The molecule has 5 rings (SSSR count). The molecule has 1 amide bonds. The molecule has 7 nitrogen and oxygen atoms in total. The lowest BCUT2D eigenvalue weighted by molar-refractivity contribution is 0.0786. The van der Waals surface area contributed by atoms with Crippen LogP contribution in [0.25, 0.3) is 0 Å². The van der Waals surface area contributed by atoms with Gasteiger partial charge in [-0.3, -0.25) is 14.6 Å². The van der Waals surface area contributed by atoms with Crippen molar-refractivity contribution >= 4 is 11.7 Å². The van der Waals surface area contributed by atoms with Crippen LogP contribution in [0.1, 0.15) is 41.4 Å². The summed E-state index contributed by atoms with van der Waals surface area (Å²) in [5.41, 5.74) is 1.64. The van der Waals surface area contributed by atoms with Crippen molar-refractivity contribution in [1.29, 1.82) is 0 Å². The Kier molecular flexibility index (Phi) is 3.95. The molecule has 0 aromatic carbocycles. The van der Waals surface area contributed by atoms with E-state index in [4.69, 9.17) is 0 Å². The number of carbonyl (C=O) groups is 1. The first-order chi connectivity index (χ1) is 13.2. The molecule has 0 radical (unpaired) electrons. The van der Waals surface area contributed by atoms with Crippen LogP contribution in [0.5, 0.6) is 0 Å². The van der Waals surface area contributed by atoms with Gasteiger partial charge in [0.05, 0.1) is 12.4 Å². The van der Waals surface area contributed by atoms with Crippen LogP contribution in [0, 0.1) is 5.92 Å². The van der Waals surface area contributed by atoms with Crippen molar-refractivity contribution in [2.45, 2.75) is 31.7 Å². The van der Waals surface area contributed by atoms with E-state index in [9.17, 15) is 9.59 Å². The largest absolute Gasteiger partial charge is 0.354 e. The van der Waals surface area contributed by atoms with Crippen molar-refractivity contribution in [2.24, 2.45) is 5.92 Å². The summed E-state index contributed by atoms with van der Waals surface area (Å²) in [5.74, 6) is 1.47. The van der Waals surface area contributed by atoms with E-state index >= 15 is 0 Å². The molecule has 2 aromatic heterocycles. The van der Waals surface area contributed by atoms with Crippen molar-refractivity contribution < 1.29 is 4.79 Å². The highest BCUT2D eigenvalue weighted by Gasteiger charge is 2.35. The van der Waals surface area contributed by atoms with Gasteiger partial charge < -0.3 is 14.4 Å². The molecule has 0 aliphatic carbocycles. The minimum Gasteiger partial charge on any atom is -0.354 e. The van der Waals surface area contributed by atoms with E-state index in [0.717, 1.165) is 63.5 Å². The smallest absolute Gasteiger partial charge is 0.274 e. The highest BCUT2D eigenvalue weighted by molar-refractivity contribution is 5.92. The minimum atomic E-state index is -0.0176. The number of pyridine rings is 1. The van der Waals surface area contributed by atoms with E-state index in [1.54, 1.807) is 18.5 Å². The molecule has 0 saturated carbocycles. The van der Waals surface area contributed by atoms with E-state index in [1.165, 1.54) is 0 Å². The lowest BCUT2D eigenvalue weighted by atomic mass is 9.83. The van der Waals surface area contributed by atoms with Gasteiger partial charge in [-0.2, -0.15) is 0 Å². The zero-order chi connectivity index (χ0) is 18.4. The molecule has 2 fully saturated rings. The summed E-state index contributed by atoms with van der Waals surface area (Å²) in [6, 6.07) is 5.55. The third kappa shape index (κ3) is 2.91. The van der Waals surface area contributed by atoms with Gasteiger partial charge in [-0.05, 0) is 31.2 Å². The van der Waals surface area contributed by atoms with Crippen LogP contribution in [-0.4, -0.2) is 51.5 Å². The van der Waals surface area contributed by atoms with Gasteiger partial charge in [0.2, 0.25) is 0 Å². The lowest BCUT2D eigenvalue weighted by Gasteiger charge is -2.43. The zero-order valence-electron chi connectivity index (χ0n) is 15.3. The summed E-state index contributed by atoms with van der Waals surface area (Å²) in [6.45, 7) is 4.01. The molecule has 0 spiro atoms. The maximum absolute atomic E-state index is 12.6. The summed E-state index contributed by atoms with van der Waals surface area (Å²) < 4.78 is 1.93. The maximum Gasteiger partial charge on any atom is 0.274 e. The van der Waals surface area contributed by atoms with Crippen LogP contribution in [0.3, 0.4) is 0 Å². The van der Waals surface area contributed by atoms with Crippen molar-refractivity contribution in [1.82, 2.24) is 19.4 Å². The van der Waals surface area contributed by atoms with Crippen molar-refractivity contribution in [3.05, 3.63) is 52.3 Å². The van der Waals surface area contributed by atoms with Crippen LogP contribution in [0.15, 0.2) is 35.4 Å². The zero-order valence-corrected chi connectivity index (χ0v) is 15.3. The molecule has 0 N–H and O–H groups in total. The quantitative estimate of drug-likeness (QED) is 0.807. The predicted octanol–water partition coefficient (Wildman–Crippen LogP) is 1.50. The van der Waals surface area contributed by atoms with Gasteiger partial charge in [0.15, 0.2) is 0 Å². The van der Waals surface area contributed by atoms with Gasteiger partial charge in [-0.15, -0.1) is 0 Å². The number of hydrogen-bond acceptors (Lipinski definition) is 5. The summed E-state index contributed by atoms with van der Waals surface area (Å²) in [7, 11) is 0. The standard InChI is InChI=1S/C20H23N5O2/c26-19-5-3-4-17-15-8-14(12-25(17)19)11-24(13-15)18-10-21-9-16(22-18)20(27)23-6-1-2-7-23/h3-5,9-10,14-15H,1-2,6-8,11-13H2/t14-,15+/m0/s1. The molecular weight excluding hydrogens is 342 g/mol. The SMILES string of the molecule is O=C(c1cncc(N2C[C@@H]3C[C@H](C2)c2cccc(=O)n2C3)n1)N1CCCC1. The normalized spacial score (nSPS) is 24.0. The first kappa shape index (κ1) is 16.5. The average Bonchev–Trinajstić information content (AvgIpc) is 3.23. The Hall–Kier alpha value is -2.70. The van der Waals surface area contributed by atoms with E-state index < -0.39 is 0 Å². The monoisotopic (exact) mass is 365 g/mol. The topological polar surface area (TPSA) is 71.3 Å². The Morgan fingerprint density at radius 1 is 1.07 bits per heavy atom. The third-order valence-electron chi connectivity index (χ3n) is 6.04. The number of hydrogen-bond donors (Lipinski definition) is 0. The molecule has 140 valence electrons. The molecule has 2 saturated heterocycles. The van der Waals surface area contributed by atoms with E-state index in [1.807, 2.05) is 15.5 Å². The van der Waals surface area contributed by atoms with Crippen molar-refractivity contribution in [3.8, 4) is 0 Å². The number of carbonyl (C=O) groups excluding carboxylic acids is 1. The third-order valence-corrected chi connectivity index (χ3v) is 6.04. The number of piperidine rings is 1. The fourth-order valence-electron chi connectivity index (χ4n) is 4.78. The molecule has 5 heterocycles. The number of fused-ring (bicyclic) bond motifs is 4. The molecular formula is C20H23N5O2. The Morgan fingerprint density at radius 2 is 1.93 bits per heavy atom. The second-order valence-corrected chi connectivity index (χ2v) is 7.86. The highest BCUT2D eigenvalue weighted by atomic mass is 16.2. The van der Waals surface area contributed by atoms with Gasteiger partial charge >= 0.3 is 0 Å². The second-order valence-electron chi connectivity index (χ2n) is 7.86. The molecule has 2 atom stereocenters. The maximum atomic E-state index is 12.6. The molecule has 2 bridgehead atoms. The Balaban J connectivity index is 1.41. The van der Waals surface area contributed by atoms with E-state index in [0.29, 0.717) is 17.5 Å². The highest BCUT2D eigenvalue weighted by Crippen LogP contribution is 2.36. The number of rotatable bonds is 2. The van der Waals surface area contributed by atoms with Gasteiger partial charge in [0, 0.05) is 50.4 Å². The summed E-state index contributed by atoms with van der Waals surface area (Å²) in [6.07, 6.45) is 6.55. The Morgan fingerprint density at radius 3 is 2.78 bits per heavy atom. The average molecular weight is 365 g/mol. The van der Waals surface area contributed by atoms with Gasteiger partial charge in [-0.1, -0.05) is 6.07 Å². The van der Waals surface area contributed by atoms with Gasteiger partial charge in [0.1, 0.15) is 11.5 Å². The van der Waals surface area contributed by atoms with Gasteiger partial charge in [-0.25, -0.2) is 4.98 Å². The Bertz CT molecular complexity index is 934. The second kappa shape index (κ2) is 6.48. The van der Waals surface area contributed by atoms with Crippen LogP contribution in [-0.2, 0) is 6.54 Å². The van der Waals surface area contributed by atoms with Crippen molar-refractivity contribution in [2.75, 3.05) is 31.1 Å². The lowest BCUT2D eigenvalue weighted by Crippen LogP contribution is -2.47. The Labute approximate surface area is 157 Å². The summed E-state index contributed by atoms with van der Waals surface area (Å²) in [4.78, 5) is 37.9. The number of nitrogens with zero attached hydrogens (tertiary/aromatic N) is 5. The van der Waals surface area contributed by atoms with E-state index in [-0.39, 0.29) is 11.5 Å². The molecule has 3 aliphatic heterocycles. The molecule has 2 aromatic rings. The van der Waals surface area contributed by atoms with Crippen molar-refractivity contribution in [3.63, 3.8) is 0 Å². The van der Waals surface area contributed by atoms with Crippen LogP contribution in [0.2, 0.25) is 0 Å². The predicted molar refractivity (Wildman–Crippen MR) is 101 cm³/mol. The number of aromatic nitrogens is 3.